The zero-order valence-electron chi connectivity index (χ0n) is 11.6. The number of nitrogen functional groups attached to an aromatic ring is 1. The van der Waals surface area contributed by atoms with Crippen molar-refractivity contribution in [2.75, 3.05) is 5.73 Å². The fraction of sp³-hybridized carbons (Fsp3) is 0.231. The number of alkyl halides is 4. The van der Waals surface area contributed by atoms with Crippen molar-refractivity contribution in [3.05, 3.63) is 35.9 Å². The summed E-state index contributed by atoms with van der Waals surface area (Å²) in [6.07, 6.45) is -1.80. The lowest BCUT2D eigenvalue weighted by Crippen LogP contribution is -2.20. The molecule has 2 rings (SSSR count). The second-order valence-electron chi connectivity index (χ2n) is 4.35. The van der Waals surface area contributed by atoms with E-state index in [4.69, 9.17) is 17.3 Å². The van der Waals surface area contributed by atoms with Crippen LogP contribution in [-0.4, -0.2) is 26.5 Å². The summed E-state index contributed by atoms with van der Waals surface area (Å²) in [5.74, 6) is -1.30. The molecule has 1 atom stereocenters. The van der Waals surface area contributed by atoms with Crippen molar-refractivity contribution in [1.82, 2.24) is 15.0 Å². The summed E-state index contributed by atoms with van der Waals surface area (Å²) >= 11 is 5.50. The average molecular weight is 347 g/mol. The summed E-state index contributed by atoms with van der Waals surface area (Å²) in [6.45, 7) is 1.29. The van der Waals surface area contributed by atoms with E-state index < -0.39 is 34.5 Å². The van der Waals surface area contributed by atoms with Crippen molar-refractivity contribution >= 4 is 23.3 Å². The first-order valence-electron chi connectivity index (χ1n) is 6.19. The molecule has 0 aliphatic rings. The minimum Gasteiger partial charge on any atom is -0.443 e. The highest BCUT2D eigenvalue weighted by Crippen LogP contribution is 2.37. The van der Waals surface area contributed by atoms with Gasteiger partial charge in [-0.15, -0.1) is 0 Å². The molecular formula is C13H10ClF3N4O2. The molecule has 0 fully saturated rings. The standard InChI is InChI=1S/C13H10ClF3N4O2/c1-6(14)23-12(22)9-7(13(15,16)17)4-20-11(10(9)18)8-2-3-19-5-21-8/h2-6H,18H2,1H3. The normalized spacial score (nSPS) is 12.7. The SMILES string of the molecule is CC(Cl)OC(=O)c1c(C(F)(F)F)cnc(-c2ccncn2)c1N. The molecule has 2 N–H and O–H groups in total. The summed E-state index contributed by atoms with van der Waals surface area (Å²) in [5.41, 5.74) is 2.01. The predicted octanol–water partition coefficient (Wildman–Crippen LogP) is 2.88. The molecule has 0 bridgehead atoms. The maximum atomic E-state index is 13.1. The summed E-state index contributed by atoms with van der Waals surface area (Å²) < 4.78 is 43.9. The minimum atomic E-state index is -4.84. The van der Waals surface area contributed by atoms with E-state index in [1.165, 1.54) is 25.5 Å². The van der Waals surface area contributed by atoms with Crippen molar-refractivity contribution in [1.29, 1.82) is 0 Å². The molecule has 0 aliphatic carbocycles. The number of pyridine rings is 1. The molecular weight excluding hydrogens is 337 g/mol. The molecule has 6 nitrogen and oxygen atoms in total. The van der Waals surface area contributed by atoms with Gasteiger partial charge in [0.25, 0.3) is 0 Å². The Hall–Kier alpha value is -2.42. The Kier molecular flexibility index (Phi) is 4.69. The van der Waals surface area contributed by atoms with Crippen LogP contribution in [0.3, 0.4) is 0 Å². The number of anilines is 1. The number of rotatable bonds is 3. The fourth-order valence-corrected chi connectivity index (χ4v) is 1.88. The maximum Gasteiger partial charge on any atom is 0.418 e. The van der Waals surface area contributed by atoms with Crippen molar-refractivity contribution < 1.29 is 22.7 Å². The topological polar surface area (TPSA) is 91.0 Å². The molecule has 0 saturated carbocycles. The van der Waals surface area contributed by atoms with E-state index in [1.807, 2.05) is 0 Å². The van der Waals surface area contributed by atoms with Crippen LogP contribution in [0.25, 0.3) is 11.4 Å². The van der Waals surface area contributed by atoms with Gasteiger partial charge in [-0.25, -0.2) is 14.8 Å². The second-order valence-corrected chi connectivity index (χ2v) is 4.96. The first kappa shape index (κ1) is 16.9. The lowest BCUT2D eigenvalue weighted by molar-refractivity contribution is -0.138. The Morgan fingerprint density at radius 1 is 1.39 bits per heavy atom. The van der Waals surface area contributed by atoms with E-state index in [1.54, 1.807) is 0 Å². The zero-order chi connectivity index (χ0) is 17.2. The van der Waals surface area contributed by atoms with E-state index >= 15 is 0 Å². The number of carbonyl (C=O) groups is 1. The lowest BCUT2D eigenvalue weighted by atomic mass is 10.0. The van der Waals surface area contributed by atoms with Gasteiger partial charge >= 0.3 is 12.1 Å². The lowest BCUT2D eigenvalue weighted by Gasteiger charge is -2.16. The predicted molar refractivity (Wildman–Crippen MR) is 75.4 cm³/mol. The number of esters is 1. The first-order valence-corrected chi connectivity index (χ1v) is 6.62. The molecule has 2 aromatic rings. The number of halogens is 4. The zero-order valence-corrected chi connectivity index (χ0v) is 12.4. The van der Waals surface area contributed by atoms with Crippen LogP contribution in [0.1, 0.15) is 22.8 Å². The van der Waals surface area contributed by atoms with Gasteiger partial charge in [-0.2, -0.15) is 13.2 Å². The molecule has 2 heterocycles. The van der Waals surface area contributed by atoms with E-state index in [0.29, 0.717) is 6.20 Å². The van der Waals surface area contributed by atoms with Crippen LogP contribution in [0.4, 0.5) is 18.9 Å². The number of nitrogens with two attached hydrogens (primary N) is 1. The Bertz CT molecular complexity index is 723. The number of hydrogen-bond acceptors (Lipinski definition) is 6. The third kappa shape index (κ3) is 3.67. The number of nitrogens with zero attached hydrogens (tertiary/aromatic N) is 3. The van der Waals surface area contributed by atoms with Gasteiger partial charge in [-0.1, -0.05) is 11.6 Å². The van der Waals surface area contributed by atoms with E-state index in [0.717, 1.165) is 0 Å². The molecule has 0 saturated heterocycles. The first-order chi connectivity index (χ1) is 10.7. The second kappa shape index (κ2) is 6.37. The minimum absolute atomic E-state index is 0.0884. The summed E-state index contributed by atoms with van der Waals surface area (Å²) in [5, 5.41) is 0. The molecule has 0 spiro atoms. The van der Waals surface area contributed by atoms with E-state index in [9.17, 15) is 18.0 Å². The van der Waals surface area contributed by atoms with Crippen LogP contribution in [0.15, 0.2) is 24.8 Å². The van der Waals surface area contributed by atoms with Crippen molar-refractivity contribution in [2.45, 2.75) is 18.7 Å². The van der Waals surface area contributed by atoms with Crippen LogP contribution in [0, 0.1) is 0 Å². The van der Waals surface area contributed by atoms with Gasteiger partial charge < -0.3 is 10.5 Å². The highest BCUT2D eigenvalue weighted by atomic mass is 35.5. The van der Waals surface area contributed by atoms with Gasteiger partial charge in [0, 0.05) is 12.4 Å². The monoisotopic (exact) mass is 346 g/mol. The quantitative estimate of drug-likeness (QED) is 0.678. The number of ether oxygens (including phenoxy) is 1. The van der Waals surface area contributed by atoms with E-state index in [2.05, 4.69) is 19.7 Å². The molecule has 1 unspecified atom stereocenters. The number of hydrogen-bond donors (Lipinski definition) is 1. The summed E-state index contributed by atoms with van der Waals surface area (Å²) in [7, 11) is 0. The van der Waals surface area contributed by atoms with Crippen LogP contribution in [0.5, 0.6) is 0 Å². The van der Waals surface area contributed by atoms with Gasteiger partial charge in [0.05, 0.1) is 22.5 Å². The largest absolute Gasteiger partial charge is 0.443 e. The van der Waals surface area contributed by atoms with Crippen molar-refractivity contribution in [3.8, 4) is 11.4 Å². The Morgan fingerprint density at radius 3 is 2.61 bits per heavy atom. The third-order valence-corrected chi connectivity index (χ3v) is 2.81. The van der Waals surface area contributed by atoms with Crippen LogP contribution in [0.2, 0.25) is 0 Å². The Labute approximate surface area is 133 Å². The molecule has 0 amide bonds. The molecule has 0 aliphatic heterocycles. The molecule has 0 aromatic carbocycles. The molecule has 23 heavy (non-hydrogen) atoms. The number of aromatic nitrogens is 3. The van der Waals surface area contributed by atoms with Gasteiger partial charge in [0.2, 0.25) is 0 Å². The van der Waals surface area contributed by atoms with Gasteiger partial charge in [0.1, 0.15) is 12.0 Å². The highest BCUT2D eigenvalue weighted by Gasteiger charge is 2.38. The molecule has 10 heteroatoms. The van der Waals surface area contributed by atoms with Crippen LogP contribution >= 0.6 is 11.6 Å². The van der Waals surface area contributed by atoms with Crippen LogP contribution in [-0.2, 0) is 10.9 Å². The van der Waals surface area contributed by atoms with Crippen LogP contribution < -0.4 is 5.73 Å². The smallest absolute Gasteiger partial charge is 0.418 e. The molecule has 2 aromatic heterocycles. The third-order valence-electron chi connectivity index (χ3n) is 2.72. The molecule has 0 radical (unpaired) electrons. The van der Waals surface area contributed by atoms with Crippen molar-refractivity contribution in [2.24, 2.45) is 0 Å². The highest BCUT2D eigenvalue weighted by molar-refractivity contribution is 6.20. The van der Waals surface area contributed by atoms with E-state index in [-0.39, 0.29) is 11.4 Å². The number of carbonyl (C=O) groups excluding carboxylic acids is 1. The Balaban J connectivity index is 2.66. The van der Waals surface area contributed by atoms with Gasteiger partial charge in [-0.05, 0) is 13.0 Å². The summed E-state index contributed by atoms with van der Waals surface area (Å²) in [4.78, 5) is 23.2. The summed E-state index contributed by atoms with van der Waals surface area (Å²) in [6, 6.07) is 1.39. The maximum absolute atomic E-state index is 13.1. The van der Waals surface area contributed by atoms with Gasteiger partial charge in [0.15, 0.2) is 5.56 Å². The Morgan fingerprint density at radius 2 is 2.09 bits per heavy atom. The van der Waals surface area contributed by atoms with Gasteiger partial charge in [-0.3, -0.25) is 4.98 Å². The molecule has 122 valence electrons. The van der Waals surface area contributed by atoms with Crippen molar-refractivity contribution in [3.63, 3.8) is 0 Å². The average Bonchev–Trinajstić information content (AvgIpc) is 2.45. The fourth-order valence-electron chi connectivity index (χ4n) is 1.80.